The Morgan fingerprint density at radius 1 is 0.870 bits per heavy atom. The second-order valence-corrected chi connectivity index (χ2v) is 4.41. The summed E-state index contributed by atoms with van der Waals surface area (Å²) in [7, 11) is 0. The molecule has 2 rings (SSSR count). The Morgan fingerprint density at radius 3 is 2.04 bits per heavy atom. The number of nitrogens with one attached hydrogen (secondary N) is 1. The Morgan fingerprint density at radius 2 is 1.52 bits per heavy atom. The van der Waals surface area contributed by atoms with Crippen molar-refractivity contribution in [2.75, 3.05) is 5.32 Å². The summed E-state index contributed by atoms with van der Waals surface area (Å²) in [6.45, 7) is 0. The number of anilines is 1. The van der Waals surface area contributed by atoms with Crippen LogP contribution in [0.2, 0.25) is 0 Å². The number of hydrogen-bond donors (Lipinski definition) is 1. The zero-order valence-electron chi connectivity index (χ0n) is 11.6. The first-order valence-electron chi connectivity index (χ1n) is 6.36. The molecule has 0 radical (unpaired) electrons. The largest absolute Gasteiger partial charge is 0.345 e. The van der Waals surface area contributed by atoms with Crippen molar-refractivity contribution in [3.63, 3.8) is 0 Å². The van der Waals surface area contributed by atoms with Crippen LogP contribution in [0.25, 0.3) is 11.1 Å². The molecule has 23 heavy (non-hydrogen) atoms. The number of allylic oxidation sites excluding steroid dienone is 2. The molecule has 0 atom stereocenters. The lowest BCUT2D eigenvalue weighted by Crippen LogP contribution is -2.00. The normalized spacial score (nSPS) is 9.17. The first-order valence-corrected chi connectivity index (χ1v) is 6.36. The topological polar surface area (TPSA) is 83.4 Å². The van der Waals surface area contributed by atoms with Crippen LogP contribution in [-0.4, -0.2) is 0 Å². The number of rotatable bonds is 3. The molecular weight excluding hydrogens is 298 g/mol. The van der Waals surface area contributed by atoms with Gasteiger partial charge in [-0.3, -0.25) is 0 Å². The third-order valence-electron chi connectivity index (χ3n) is 2.98. The van der Waals surface area contributed by atoms with Crippen LogP contribution in [0.3, 0.4) is 0 Å². The fraction of sp³-hybridized carbons (Fsp3) is 0. The van der Waals surface area contributed by atoms with E-state index in [4.69, 9.17) is 15.8 Å². The Labute approximate surface area is 131 Å². The summed E-state index contributed by atoms with van der Waals surface area (Å²) in [5.41, 5.74) is 0.716. The van der Waals surface area contributed by atoms with Crippen LogP contribution in [-0.2, 0) is 0 Å². The maximum Gasteiger partial charge on any atom is 0.163 e. The third kappa shape index (κ3) is 3.50. The van der Waals surface area contributed by atoms with Gasteiger partial charge in [-0.1, -0.05) is 12.1 Å². The maximum atomic E-state index is 13.7. The third-order valence-corrected chi connectivity index (χ3v) is 2.98. The first-order chi connectivity index (χ1) is 11.1. The molecule has 0 saturated carbocycles. The highest BCUT2D eigenvalue weighted by molar-refractivity contribution is 5.68. The van der Waals surface area contributed by atoms with Gasteiger partial charge >= 0.3 is 0 Å². The minimum Gasteiger partial charge on any atom is -0.345 e. The van der Waals surface area contributed by atoms with Crippen molar-refractivity contribution in [1.29, 1.82) is 15.8 Å². The van der Waals surface area contributed by atoms with Gasteiger partial charge in [0.05, 0.1) is 0 Å². The van der Waals surface area contributed by atoms with Crippen LogP contribution in [0.1, 0.15) is 0 Å². The highest BCUT2D eigenvalue weighted by atomic mass is 19.1. The lowest BCUT2D eigenvalue weighted by atomic mass is 10.0. The van der Waals surface area contributed by atoms with E-state index < -0.39 is 11.6 Å². The van der Waals surface area contributed by atoms with Crippen LogP contribution >= 0.6 is 0 Å². The van der Waals surface area contributed by atoms with Gasteiger partial charge in [-0.05, 0) is 29.8 Å². The van der Waals surface area contributed by atoms with Crippen molar-refractivity contribution in [1.82, 2.24) is 0 Å². The van der Waals surface area contributed by atoms with Gasteiger partial charge in [-0.2, -0.15) is 15.8 Å². The highest BCUT2D eigenvalue weighted by Crippen LogP contribution is 2.25. The lowest BCUT2D eigenvalue weighted by molar-refractivity contribution is 0.585. The zero-order valence-corrected chi connectivity index (χ0v) is 11.6. The second-order valence-electron chi connectivity index (χ2n) is 4.41. The molecule has 0 unspecified atom stereocenters. The van der Waals surface area contributed by atoms with Gasteiger partial charge in [0.1, 0.15) is 35.5 Å². The van der Waals surface area contributed by atoms with Crippen molar-refractivity contribution in [3.05, 3.63) is 65.4 Å². The number of benzene rings is 2. The molecular formula is C17H8F2N4. The molecule has 2 aromatic carbocycles. The molecule has 0 aliphatic heterocycles. The predicted molar refractivity (Wildman–Crippen MR) is 79.3 cm³/mol. The zero-order chi connectivity index (χ0) is 16.8. The van der Waals surface area contributed by atoms with E-state index in [1.54, 1.807) is 42.5 Å². The quantitative estimate of drug-likeness (QED) is 0.872. The number of nitriles is 3. The summed E-state index contributed by atoms with van der Waals surface area (Å²) < 4.78 is 26.6. The molecule has 110 valence electrons. The van der Waals surface area contributed by atoms with Crippen molar-refractivity contribution >= 4 is 5.69 Å². The van der Waals surface area contributed by atoms with E-state index in [-0.39, 0.29) is 16.8 Å². The Kier molecular flexibility index (Phi) is 4.67. The summed E-state index contributed by atoms with van der Waals surface area (Å²) in [4.78, 5) is 0. The molecule has 0 amide bonds. The van der Waals surface area contributed by atoms with Crippen molar-refractivity contribution in [2.45, 2.75) is 0 Å². The lowest BCUT2D eigenvalue weighted by Gasteiger charge is -2.07. The second kappa shape index (κ2) is 6.85. The van der Waals surface area contributed by atoms with Gasteiger partial charge in [0.15, 0.2) is 5.57 Å². The van der Waals surface area contributed by atoms with E-state index in [1.165, 1.54) is 6.07 Å². The molecule has 2 aromatic rings. The molecule has 1 N–H and O–H groups in total. The number of hydrogen-bond acceptors (Lipinski definition) is 4. The Balaban J connectivity index is 2.31. The summed E-state index contributed by atoms with van der Waals surface area (Å²) in [6.07, 6.45) is 0. The SMILES string of the molecule is N#CC(C#N)=C(C#N)Nc1ccc(-c2ccc(F)cc2F)cc1. The average Bonchev–Trinajstić information content (AvgIpc) is 2.56. The van der Waals surface area contributed by atoms with Crippen molar-refractivity contribution < 1.29 is 8.78 Å². The van der Waals surface area contributed by atoms with E-state index in [0.29, 0.717) is 11.3 Å². The van der Waals surface area contributed by atoms with E-state index >= 15 is 0 Å². The highest BCUT2D eigenvalue weighted by Gasteiger charge is 2.08. The number of nitrogens with zero attached hydrogens (tertiary/aromatic N) is 3. The van der Waals surface area contributed by atoms with Crippen LogP contribution in [0.5, 0.6) is 0 Å². The van der Waals surface area contributed by atoms with Gasteiger partial charge in [-0.15, -0.1) is 0 Å². The van der Waals surface area contributed by atoms with Crippen LogP contribution in [0.4, 0.5) is 14.5 Å². The molecule has 0 bridgehead atoms. The molecule has 0 heterocycles. The van der Waals surface area contributed by atoms with Gasteiger partial charge in [0.25, 0.3) is 0 Å². The molecule has 0 saturated heterocycles. The summed E-state index contributed by atoms with van der Waals surface area (Å²) in [5.74, 6) is -1.34. The van der Waals surface area contributed by atoms with Gasteiger partial charge in [0.2, 0.25) is 0 Å². The van der Waals surface area contributed by atoms with Gasteiger partial charge in [-0.25, -0.2) is 8.78 Å². The number of halogens is 2. The molecule has 0 aromatic heterocycles. The van der Waals surface area contributed by atoms with E-state index in [9.17, 15) is 8.78 Å². The fourth-order valence-electron chi connectivity index (χ4n) is 1.88. The van der Waals surface area contributed by atoms with Crippen molar-refractivity contribution in [3.8, 4) is 29.3 Å². The van der Waals surface area contributed by atoms with E-state index in [1.807, 2.05) is 0 Å². The molecule has 4 nitrogen and oxygen atoms in total. The fourth-order valence-corrected chi connectivity index (χ4v) is 1.88. The molecule has 6 heteroatoms. The van der Waals surface area contributed by atoms with Crippen molar-refractivity contribution in [2.24, 2.45) is 0 Å². The van der Waals surface area contributed by atoms with E-state index in [2.05, 4.69) is 5.32 Å². The maximum absolute atomic E-state index is 13.7. The summed E-state index contributed by atoms with van der Waals surface area (Å²) in [5, 5.41) is 29.1. The monoisotopic (exact) mass is 306 g/mol. The first kappa shape index (κ1) is 15.7. The molecule has 0 spiro atoms. The summed E-state index contributed by atoms with van der Waals surface area (Å²) in [6, 6.07) is 14.5. The Bertz CT molecular complexity index is 878. The van der Waals surface area contributed by atoms with Gasteiger partial charge in [0, 0.05) is 17.3 Å². The summed E-state index contributed by atoms with van der Waals surface area (Å²) >= 11 is 0. The predicted octanol–water partition coefficient (Wildman–Crippen LogP) is 3.87. The van der Waals surface area contributed by atoms with Crippen LogP contribution < -0.4 is 5.32 Å². The standard InChI is InChI=1S/C17H8F2N4/c18-13-3-6-15(16(19)7-13)11-1-4-14(5-2-11)23-17(10-22)12(8-20)9-21/h1-7,23H. The molecule has 0 fully saturated rings. The van der Waals surface area contributed by atoms with Crippen LogP contribution in [0, 0.1) is 45.6 Å². The van der Waals surface area contributed by atoms with Crippen LogP contribution in [0.15, 0.2) is 53.7 Å². The minimum absolute atomic E-state index is 0.171. The smallest absolute Gasteiger partial charge is 0.163 e. The Hall–Kier alpha value is -3.69. The average molecular weight is 306 g/mol. The minimum atomic E-state index is -0.681. The molecule has 0 aliphatic carbocycles. The molecule has 0 aliphatic rings. The van der Waals surface area contributed by atoms with Gasteiger partial charge < -0.3 is 5.32 Å². The van der Waals surface area contributed by atoms with E-state index in [0.717, 1.165) is 12.1 Å².